The molecule has 0 aliphatic heterocycles. The van der Waals surface area contributed by atoms with Crippen LogP contribution in [0.3, 0.4) is 0 Å². The third kappa shape index (κ3) is 8.92. The third-order valence-electron chi connectivity index (χ3n) is 4.29. The average Bonchev–Trinajstić information content (AvgIpc) is 2.80. The van der Waals surface area contributed by atoms with Gasteiger partial charge in [-0.2, -0.15) is 9.98 Å². The van der Waals surface area contributed by atoms with E-state index in [-0.39, 0.29) is 30.4 Å². The first kappa shape index (κ1) is 25.8. The highest BCUT2D eigenvalue weighted by atomic mass is 32.2. The third-order valence-corrected chi connectivity index (χ3v) is 5.78. The number of carbonyl (C=O) groups is 2. The van der Waals surface area contributed by atoms with Crippen molar-refractivity contribution in [3.63, 3.8) is 0 Å². The summed E-state index contributed by atoms with van der Waals surface area (Å²) in [6.45, 7) is 3.31. The van der Waals surface area contributed by atoms with Crippen LogP contribution in [0.5, 0.6) is 5.75 Å². The number of hydrogen-bond acceptors (Lipinski definition) is 7. The second kappa shape index (κ2) is 12.6. The molecule has 2 rings (SSSR count). The Morgan fingerprint density at radius 1 is 1.06 bits per heavy atom. The molecular weight excluding hydrogens is 446 g/mol. The molecule has 0 aromatic heterocycles. The number of nitriles is 1. The predicted octanol–water partition coefficient (Wildman–Crippen LogP) is 2.13. The van der Waals surface area contributed by atoms with Crippen LogP contribution in [0, 0.1) is 11.3 Å². The van der Waals surface area contributed by atoms with Crippen LogP contribution in [0.1, 0.15) is 32.3 Å². The van der Waals surface area contributed by atoms with Gasteiger partial charge in [-0.25, -0.2) is 8.42 Å². The normalized spacial score (nSPS) is 11.9. The summed E-state index contributed by atoms with van der Waals surface area (Å²) in [6, 6.07) is 15.0. The molecule has 10 heteroatoms. The van der Waals surface area contributed by atoms with Gasteiger partial charge in [0.2, 0.25) is 15.9 Å². The predicted molar refractivity (Wildman–Crippen MR) is 121 cm³/mol. The zero-order valence-electron chi connectivity index (χ0n) is 18.5. The molecule has 0 saturated carbocycles. The van der Waals surface area contributed by atoms with Crippen molar-refractivity contribution in [1.29, 1.82) is 5.26 Å². The largest absolute Gasteiger partial charge is 0.494 e. The summed E-state index contributed by atoms with van der Waals surface area (Å²) >= 11 is 0. The number of nitrogens with zero attached hydrogens (tertiary/aromatic N) is 1. The van der Waals surface area contributed by atoms with Crippen molar-refractivity contribution in [1.82, 2.24) is 10.0 Å². The number of ether oxygens (including phenoxy) is 2. The van der Waals surface area contributed by atoms with Crippen LogP contribution in [0.25, 0.3) is 0 Å². The Labute approximate surface area is 193 Å². The Morgan fingerprint density at radius 2 is 1.73 bits per heavy atom. The minimum absolute atomic E-state index is 0.00127. The highest BCUT2D eigenvalue weighted by molar-refractivity contribution is 7.89. The Bertz CT molecular complexity index is 1060. The van der Waals surface area contributed by atoms with E-state index in [4.69, 9.17) is 14.7 Å². The summed E-state index contributed by atoms with van der Waals surface area (Å²) < 4.78 is 38.2. The Kier molecular flexibility index (Phi) is 9.84. The fourth-order valence-corrected chi connectivity index (χ4v) is 3.90. The fraction of sp³-hybridized carbons (Fsp3) is 0.348. The van der Waals surface area contributed by atoms with Gasteiger partial charge in [0.15, 0.2) is 0 Å². The molecule has 2 aromatic rings. The quantitative estimate of drug-likeness (QED) is 0.356. The molecule has 176 valence electrons. The maximum Gasteiger partial charge on any atom is 0.326 e. The van der Waals surface area contributed by atoms with Crippen molar-refractivity contribution in [2.45, 2.75) is 43.7 Å². The monoisotopic (exact) mass is 473 g/mol. The van der Waals surface area contributed by atoms with Gasteiger partial charge >= 0.3 is 5.97 Å². The molecule has 9 nitrogen and oxygen atoms in total. The number of benzene rings is 2. The van der Waals surface area contributed by atoms with Gasteiger partial charge in [0, 0.05) is 13.0 Å². The van der Waals surface area contributed by atoms with Crippen LogP contribution in [-0.2, 0) is 24.3 Å². The maximum absolute atomic E-state index is 12.6. The number of amides is 1. The van der Waals surface area contributed by atoms with E-state index in [1.807, 2.05) is 6.07 Å². The van der Waals surface area contributed by atoms with E-state index in [0.717, 1.165) is 0 Å². The molecule has 0 heterocycles. The summed E-state index contributed by atoms with van der Waals surface area (Å²) in [5, 5.41) is 11.4. The fourth-order valence-electron chi connectivity index (χ4n) is 2.70. The minimum atomic E-state index is -3.99. The first-order valence-electron chi connectivity index (χ1n) is 10.4. The van der Waals surface area contributed by atoms with Crippen LogP contribution in [-0.4, -0.2) is 45.6 Å². The summed E-state index contributed by atoms with van der Waals surface area (Å²) in [5.74, 6) is -0.560. The van der Waals surface area contributed by atoms with Gasteiger partial charge in [-0.05, 0) is 56.7 Å². The lowest BCUT2D eigenvalue weighted by Gasteiger charge is -2.19. The van der Waals surface area contributed by atoms with Crippen LogP contribution in [0.15, 0.2) is 59.5 Å². The van der Waals surface area contributed by atoms with Gasteiger partial charge in [-0.3, -0.25) is 9.59 Å². The number of hydrogen-bond donors (Lipinski definition) is 2. The Hall–Kier alpha value is -3.42. The van der Waals surface area contributed by atoms with E-state index in [0.29, 0.717) is 17.7 Å². The first-order valence-corrected chi connectivity index (χ1v) is 11.9. The summed E-state index contributed by atoms with van der Waals surface area (Å²) in [4.78, 5) is 24.6. The SMILES string of the molecule is CC(C)OC(=O)[C@H](CNC(=O)CCCOc1ccc(C#N)cc1)NS(=O)(=O)c1ccccc1. The second-order valence-electron chi connectivity index (χ2n) is 7.36. The van der Waals surface area contributed by atoms with Crippen molar-refractivity contribution in [2.24, 2.45) is 0 Å². The van der Waals surface area contributed by atoms with E-state index in [1.165, 1.54) is 12.1 Å². The number of carbonyl (C=O) groups excluding carboxylic acids is 2. The lowest BCUT2D eigenvalue weighted by molar-refractivity contribution is -0.149. The molecule has 33 heavy (non-hydrogen) atoms. The minimum Gasteiger partial charge on any atom is -0.494 e. The first-order chi connectivity index (χ1) is 15.7. The second-order valence-corrected chi connectivity index (χ2v) is 9.08. The molecule has 2 aromatic carbocycles. The van der Waals surface area contributed by atoms with E-state index in [1.54, 1.807) is 56.3 Å². The Balaban J connectivity index is 1.87. The molecular formula is C23H27N3O6S. The van der Waals surface area contributed by atoms with Gasteiger partial charge < -0.3 is 14.8 Å². The smallest absolute Gasteiger partial charge is 0.326 e. The molecule has 2 N–H and O–H groups in total. The summed E-state index contributed by atoms with van der Waals surface area (Å²) in [5.41, 5.74) is 0.523. The number of rotatable bonds is 12. The average molecular weight is 474 g/mol. The summed E-state index contributed by atoms with van der Waals surface area (Å²) in [6.07, 6.45) is 0.0763. The topological polar surface area (TPSA) is 135 Å². The van der Waals surface area contributed by atoms with Crippen molar-refractivity contribution >= 4 is 21.9 Å². The van der Waals surface area contributed by atoms with Gasteiger partial charge in [0.1, 0.15) is 11.8 Å². The van der Waals surface area contributed by atoms with Crippen molar-refractivity contribution < 1.29 is 27.5 Å². The standard InChI is InChI=1S/C23H27N3O6S/c1-17(2)32-23(28)21(26-33(29,30)20-7-4-3-5-8-20)16-25-22(27)9-6-14-31-19-12-10-18(15-24)11-13-19/h3-5,7-8,10-13,17,21,26H,6,9,14,16H2,1-2H3,(H,25,27)/t21-/m0/s1. The van der Waals surface area contributed by atoms with E-state index in [9.17, 15) is 18.0 Å². The van der Waals surface area contributed by atoms with Crippen LogP contribution < -0.4 is 14.8 Å². The number of esters is 1. The van der Waals surface area contributed by atoms with E-state index in [2.05, 4.69) is 10.0 Å². The van der Waals surface area contributed by atoms with Gasteiger partial charge in [-0.15, -0.1) is 0 Å². The van der Waals surface area contributed by atoms with E-state index < -0.39 is 28.1 Å². The molecule has 1 amide bonds. The molecule has 0 aliphatic rings. The van der Waals surface area contributed by atoms with Crippen LogP contribution >= 0.6 is 0 Å². The van der Waals surface area contributed by atoms with E-state index >= 15 is 0 Å². The molecule has 0 radical (unpaired) electrons. The number of nitrogens with one attached hydrogen (secondary N) is 2. The highest BCUT2D eigenvalue weighted by Crippen LogP contribution is 2.12. The molecule has 1 atom stereocenters. The molecule has 0 fully saturated rings. The van der Waals surface area contributed by atoms with Gasteiger partial charge in [0.25, 0.3) is 0 Å². The maximum atomic E-state index is 12.6. The highest BCUT2D eigenvalue weighted by Gasteiger charge is 2.28. The number of sulfonamides is 1. The van der Waals surface area contributed by atoms with Gasteiger partial charge in [0.05, 0.1) is 29.2 Å². The zero-order chi connectivity index (χ0) is 24.3. The molecule has 0 aliphatic carbocycles. The molecule has 0 saturated heterocycles. The zero-order valence-corrected chi connectivity index (χ0v) is 19.3. The van der Waals surface area contributed by atoms with Crippen molar-refractivity contribution in [2.75, 3.05) is 13.2 Å². The van der Waals surface area contributed by atoms with Crippen molar-refractivity contribution in [3.05, 3.63) is 60.2 Å². The molecule has 0 unspecified atom stereocenters. The lowest BCUT2D eigenvalue weighted by Crippen LogP contribution is -2.49. The Morgan fingerprint density at radius 3 is 2.33 bits per heavy atom. The van der Waals surface area contributed by atoms with Crippen molar-refractivity contribution in [3.8, 4) is 11.8 Å². The molecule has 0 bridgehead atoms. The molecule has 0 spiro atoms. The van der Waals surface area contributed by atoms with Gasteiger partial charge in [-0.1, -0.05) is 18.2 Å². The lowest BCUT2D eigenvalue weighted by atomic mass is 10.2. The summed E-state index contributed by atoms with van der Waals surface area (Å²) in [7, 11) is -3.99. The van der Waals surface area contributed by atoms with Crippen LogP contribution in [0.2, 0.25) is 0 Å². The van der Waals surface area contributed by atoms with Crippen LogP contribution in [0.4, 0.5) is 0 Å².